The fourth-order valence-electron chi connectivity index (χ4n) is 2.83. The van der Waals surface area contributed by atoms with E-state index in [9.17, 15) is 9.59 Å². The van der Waals surface area contributed by atoms with Gasteiger partial charge in [-0.15, -0.1) is 0 Å². The second-order valence-corrected chi connectivity index (χ2v) is 8.36. The number of carbonyl (C=O) groups is 2. The molecule has 1 aliphatic rings. The van der Waals surface area contributed by atoms with Gasteiger partial charge in [0.1, 0.15) is 0 Å². The van der Waals surface area contributed by atoms with E-state index in [4.69, 9.17) is 13.3 Å². The molecule has 1 unspecified atom stereocenters. The summed E-state index contributed by atoms with van der Waals surface area (Å²) in [6.07, 6.45) is 4.95. The molecule has 0 aliphatic carbocycles. The number of rotatable bonds is 13. The van der Waals surface area contributed by atoms with Gasteiger partial charge in [-0.25, -0.2) is 0 Å². The highest BCUT2D eigenvalue weighted by Crippen LogP contribution is 2.24. The van der Waals surface area contributed by atoms with Gasteiger partial charge >= 0.3 is 20.7 Å². The van der Waals surface area contributed by atoms with Crippen molar-refractivity contribution in [2.45, 2.75) is 65.3 Å². The highest BCUT2D eigenvalue weighted by atomic mass is 28.4. The number of hydrogen-bond donors (Lipinski definition) is 0. The molecule has 0 aromatic heterocycles. The maximum Gasteiger partial charge on any atom is 0.500 e. The third kappa shape index (κ3) is 7.11. The third-order valence-corrected chi connectivity index (χ3v) is 6.99. The average molecular weight is 346 g/mol. The van der Waals surface area contributed by atoms with Crippen LogP contribution >= 0.6 is 0 Å². The van der Waals surface area contributed by atoms with Crippen molar-refractivity contribution in [1.82, 2.24) is 0 Å². The Morgan fingerprint density at radius 1 is 0.957 bits per heavy atom. The molecule has 23 heavy (non-hydrogen) atoms. The van der Waals surface area contributed by atoms with E-state index in [2.05, 4.69) is 4.74 Å². The molecule has 0 amide bonds. The molecular weight excluding hydrogens is 316 g/mol. The summed E-state index contributed by atoms with van der Waals surface area (Å²) in [5.74, 6) is -0.974. The first-order chi connectivity index (χ1) is 11.1. The minimum absolute atomic E-state index is 0.230. The van der Waals surface area contributed by atoms with Crippen molar-refractivity contribution >= 4 is 20.7 Å². The zero-order chi connectivity index (χ0) is 17.1. The zero-order valence-corrected chi connectivity index (χ0v) is 15.6. The van der Waals surface area contributed by atoms with E-state index >= 15 is 0 Å². The Labute approximate surface area is 140 Å². The lowest BCUT2D eigenvalue weighted by Crippen LogP contribution is -2.45. The summed E-state index contributed by atoms with van der Waals surface area (Å²) in [5, 5.41) is 0. The van der Waals surface area contributed by atoms with Gasteiger partial charge in [-0.3, -0.25) is 9.59 Å². The highest BCUT2D eigenvalue weighted by molar-refractivity contribution is 6.60. The summed E-state index contributed by atoms with van der Waals surface area (Å²) in [4.78, 5) is 22.4. The molecule has 1 aliphatic heterocycles. The Hall–Kier alpha value is -0.763. The first-order valence-electron chi connectivity index (χ1n) is 8.73. The molecule has 1 saturated heterocycles. The largest absolute Gasteiger partial charge is 0.500 e. The topological polar surface area (TPSA) is 71.1 Å². The Morgan fingerprint density at radius 3 is 2.00 bits per heavy atom. The molecule has 0 spiro atoms. The van der Waals surface area contributed by atoms with Crippen LogP contribution in [0.1, 0.15) is 59.3 Å². The van der Waals surface area contributed by atoms with Crippen LogP contribution in [0.2, 0.25) is 6.04 Å². The van der Waals surface area contributed by atoms with Gasteiger partial charge in [-0.05, 0) is 33.6 Å². The summed E-state index contributed by atoms with van der Waals surface area (Å²) in [6, 6.07) is 0.826. The summed E-state index contributed by atoms with van der Waals surface area (Å²) >= 11 is 0. The molecular formula is C16H30O6Si. The van der Waals surface area contributed by atoms with E-state index in [0.29, 0.717) is 19.8 Å². The number of ether oxygens (including phenoxy) is 1. The molecule has 7 heteroatoms. The SMILES string of the molecule is CCO[Si](CCCCCCC1CC(=O)OC1=O)(OCC)OCC. The second kappa shape index (κ2) is 10.9. The summed E-state index contributed by atoms with van der Waals surface area (Å²) < 4.78 is 22.0. The lowest BCUT2D eigenvalue weighted by atomic mass is 9.99. The Bertz CT molecular complexity index is 357. The van der Waals surface area contributed by atoms with Crippen molar-refractivity contribution in [2.75, 3.05) is 19.8 Å². The number of esters is 2. The number of cyclic esters (lactones) is 2. The quantitative estimate of drug-likeness (QED) is 0.221. The van der Waals surface area contributed by atoms with Gasteiger partial charge in [0.25, 0.3) is 0 Å². The van der Waals surface area contributed by atoms with Crippen LogP contribution in [-0.2, 0) is 27.6 Å². The first-order valence-corrected chi connectivity index (χ1v) is 10.7. The van der Waals surface area contributed by atoms with Crippen LogP contribution in [0, 0.1) is 5.92 Å². The van der Waals surface area contributed by atoms with E-state index in [1.165, 1.54) is 0 Å². The van der Waals surface area contributed by atoms with Gasteiger partial charge in [0.05, 0.1) is 12.3 Å². The summed E-state index contributed by atoms with van der Waals surface area (Å²) in [6.45, 7) is 7.68. The Morgan fingerprint density at radius 2 is 1.52 bits per heavy atom. The number of hydrogen-bond acceptors (Lipinski definition) is 6. The molecule has 0 N–H and O–H groups in total. The van der Waals surface area contributed by atoms with Crippen molar-refractivity contribution in [3.05, 3.63) is 0 Å². The summed E-state index contributed by atoms with van der Waals surface area (Å²) in [7, 11) is -2.52. The van der Waals surface area contributed by atoms with Crippen molar-refractivity contribution in [3.63, 3.8) is 0 Å². The average Bonchev–Trinajstić information content (AvgIpc) is 2.81. The molecule has 6 nitrogen and oxygen atoms in total. The van der Waals surface area contributed by atoms with Gasteiger partial charge < -0.3 is 18.0 Å². The normalized spacial score (nSPS) is 18.5. The molecule has 0 saturated carbocycles. The van der Waals surface area contributed by atoms with Gasteiger partial charge in [0, 0.05) is 25.9 Å². The fraction of sp³-hybridized carbons (Fsp3) is 0.875. The Balaban J connectivity index is 2.22. The monoisotopic (exact) mass is 346 g/mol. The van der Waals surface area contributed by atoms with Crippen LogP contribution in [-0.4, -0.2) is 40.6 Å². The standard InChI is InChI=1S/C16H30O6Si/c1-4-19-23(20-5-2,21-6-3)12-10-8-7-9-11-14-13-15(17)22-16(14)18/h14H,4-13H2,1-3H3. The molecule has 0 aromatic carbocycles. The van der Waals surface area contributed by atoms with Crippen LogP contribution in [0.4, 0.5) is 0 Å². The molecule has 0 aromatic rings. The van der Waals surface area contributed by atoms with E-state index in [1.807, 2.05) is 20.8 Å². The lowest BCUT2D eigenvalue weighted by Gasteiger charge is -2.28. The minimum Gasteiger partial charge on any atom is -0.393 e. The number of unbranched alkanes of at least 4 members (excludes halogenated alkanes) is 3. The van der Waals surface area contributed by atoms with Gasteiger partial charge in [0.2, 0.25) is 0 Å². The minimum atomic E-state index is -2.52. The van der Waals surface area contributed by atoms with Crippen molar-refractivity contribution < 1.29 is 27.6 Å². The molecule has 1 rings (SSSR count). The van der Waals surface area contributed by atoms with E-state index in [-0.39, 0.29) is 24.3 Å². The van der Waals surface area contributed by atoms with Gasteiger partial charge in [-0.2, -0.15) is 0 Å². The Kier molecular flexibility index (Phi) is 9.62. The predicted octanol–water partition coefficient (Wildman–Crippen LogP) is 3.08. The highest BCUT2D eigenvalue weighted by Gasteiger charge is 2.39. The maximum atomic E-state index is 11.4. The van der Waals surface area contributed by atoms with E-state index in [0.717, 1.165) is 38.1 Å². The molecule has 134 valence electrons. The summed E-state index contributed by atoms with van der Waals surface area (Å²) in [5.41, 5.74) is 0. The van der Waals surface area contributed by atoms with Crippen LogP contribution in [0.3, 0.4) is 0 Å². The lowest BCUT2D eigenvalue weighted by molar-refractivity contribution is -0.153. The molecule has 1 fully saturated rings. The fourth-order valence-corrected chi connectivity index (χ4v) is 5.51. The van der Waals surface area contributed by atoms with E-state index < -0.39 is 8.80 Å². The van der Waals surface area contributed by atoms with Crippen LogP contribution < -0.4 is 0 Å². The van der Waals surface area contributed by atoms with Gasteiger partial charge in [-0.1, -0.05) is 19.3 Å². The van der Waals surface area contributed by atoms with Gasteiger partial charge in [0.15, 0.2) is 0 Å². The number of carbonyl (C=O) groups excluding carboxylic acids is 2. The second-order valence-electron chi connectivity index (χ2n) is 5.63. The molecule has 0 radical (unpaired) electrons. The molecule has 0 bridgehead atoms. The van der Waals surface area contributed by atoms with Crippen LogP contribution in [0.5, 0.6) is 0 Å². The first kappa shape index (κ1) is 20.3. The van der Waals surface area contributed by atoms with E-state index in [1.54, 1.807) is 0 Å². The zero-order valence-electron chi connectivity index (χ0n) is 14.6. The van der Waals surface area contributed by atoms with Crippen molar-refractivity contribution in [3.8, 4) is 0 Å². The maximum absolute atomic E-state index is 11.4. The molecule has 1 heterocycles. The van der Waals surface area contributed by atoms with Crippen molar-refractivity contribution in [1.29, 1.82) is 0 Å². The smallest absolute Gasteiger partial charge is 0.393 e. The predicted molar refractivity (Wildman–Crippen MR) is 87.7 cm³/mol. The van der Waals surface area contributed by atoms with Crippen LogP contribution in [0.15, 0.2) is 0 Å². The van der Waals surface area contributed by atoms with Crippen molar-refractivity contribution in [2.24, 2.45) is 5.92 Å². The molecule has 1 atom stereocenters. The van der Waals surface area contributed by atoms with Crippen LogP contribution in [0.25, 0.3) is 0 Å². The third-order valence-electron chi connectivity index (χ3n) is 3.84.